The smallest absolute Gasteiger partial charge is 0.252 e. The number of ether oxygens (including phenoxy) is 1. The quantitative estimate of drug-likeness (QED) is 0.673. The second-order valence-electron chi connectivity index (χ2n) is 6.82. The minimum absolute atomic E-state index is 0.0577. The summed E-state index contributed by atoms with van der Waals surface area (Å²) in [7, 11) is 1.00. The molecule has 3 N–H and O–H groups in total. The molecule has 0 saturated carbocycles. The first kappa shape index (κ1) is 22.9. The average Bonchev–Trinajstić information content (AvgIpc) is 3.20. The Morgan fingerprint density at radius 3 is 2.38 bits per heavy atom. The van der Waals surface area contributed by atoms with E-state index in [9.17, 15) is 9.59 Å². The molecule has 2 amide bonds. The van der Waals surface area contributed by atoms with E-state index in [1.165, 1.54) is 0 Å². The van der Waals surface area contributed by atoms with Gasteiger partial charge in [-0.05, 0) is 37.6 Å². The van der Waals surface area contributed by atoms with Crippen molar-refractivity contribution in [1.82, 2.24) is 10.6 Å². The minimum atomic E-state index is -0.208. The van der Waals surface area contributed by atoms with Gasteiger partial charge in [-0.3, -0.25) is 9.59 Å². The highest BCUT2D eigenvalue weighted by Gasteiger charge is 2.26. The van der Waals surface area contributed by atoms with Crippen LogP contribution in [-0.2, 0) is 4.74 Å². The minimum Gasteiger partial charge on any atom is -0.400 e. The Morgan fingerprint density at radius 1 is 1.03 bits per heavy atom. The number of aliphatic hydroxyl groups is 1. The van der Waals surface area contributed by atoms with Crippen molar-refractivity contribution in [3.05, 3.63) is 70.2 Å². The molecule has 3 rings (SSSR count). The van der Waals surface area contributed by atoms with Crippen molar-refractivity contribution < 1.29 is 19.4 Å². The Bertz CT molecular complexity index is 811. The number of benzene rings is 2. The van der Waals surface area contributed by atoms with Crippen LogP contribution in [0.15, 0.2) is 48.5 Å². The lowest BCUT2D eigenvalue weighted by atomic mass is 10.1. The van der Waals surface area contributed by atoms with Gasteiger partial charge in [-0.2, -0.15) is 0 Å². The van der Waals surface area contributed by atoms with Crippen LogP contribution < -0.4 is 10.6 Å². The Labute approximate surface area is 176 Å². The number of carbonyl (C=O) groups excluding carboxylic acids is 2. The van der Waals surface area contributed by atoms with Gasteiger partial charge in [0.2, 0.25) is 0 Å². The van der Waals surface area contributed by atoms with E-state index in [0.717, 1.165) is 19.1 Å². The molecule has 0 spiro atoms. The maximum absolute atomic E-state index is 12.2. The van der Waals surface area contributed by atoms with E-state index in [-0.39, 0.29) is 23.8 Å². The van der Waals surface area contributed by atoms with E-state index in [1.807, 2.05) is 31.2 Å². The first-order chi connectivity index (χ1) is 14.0. The number of halogens is 1. The third-order valence-electron chi connectivity index (χ3n) is 4.64. The van der Waals surface area contributed by atoms with Crippen LogP contribution in [0.2, 0.25) is 5.02 Å². The molecule has 29 heavy (non-hydrogen) atoms. The van der Waals surface area contributed by atoms with Crippen LogP contribution in [-0.4, -0.2) is 49.8 Å². The zero-order valence-corrected chi connectivity index (χ0v) is 17.4. The van der Waals surface area contributed by atoms with E-state index in [4.69, 9.17) is 21.4 Å². The number of aliphatic hydroxyl groups excluding tert-OH is 1. The SMILES string of the molecule is CO.Cc1ccc(C(=O)NCC2COC(CNC(=O)c3ccccc3Cl)C2)cc1. The van der Waals surface area contributed by atoms with Gasteiger partial charge in [-0.25, -0.2) is 0 Å². The van der Waals surface area contributed by atoms with Crippen molar-refractivity contribution in [1.29, 1.82) is 0 Å². The predicted molar refractivity (Wildman–Crippen MR) is 113 cm³/mol. The van der Waals surface area contributed by atoms with E-state index >= 15 is 0 Å². The zero-order valence-electron chi connectivity index (χ0n) is 16.7. The van der Waals surface area contributed by atoms with Crippen LogP contribution in [0, 0.1) is 12.8 Å². The molecule has 0 aromatic heterocycles. The number of hydrogen-bond acceptors (Lipinski definition) is 4. The van der Waals surface area contributed by atoms with Crippen LogP contribution in [0.5, 0.6) is 0 Å². The molecule has 0 aliphatic carbocycles. The average molecular weight is 419 g/mol. The molecule has 1 saturated heterocycles. The molecule has 7 heteroatoms. The summed E-state index contributed by atoms with van der Waals surface area (Å²) < 4.78 is 5.74. The maximum Gasteiger partial charge on any atom is 0.252 e. The first-order valence-corrected chi connectivity index (χ1v) is 9.84. The van der Waals surface area contributed by atoms with Gasteiger partial charge in [0.1, 0.15) is 0 Å². The summed E-state index contributed by atoms with van der Waals surface area (Å²) in [6, 6.07) is 14.4. The fraction of sp³-hybridized carbons (Fsp3) is 0.364. The zero-order chi connectivity index (χ0) is 21.2. The molecule has 156 valence electrons. The van der Waals surface area contributed by atoms with Crippen molar-refractivity contribution in [3.8, 4) is 0 Å². The third-order valence-corrected chi connectivity index (χ3v) is 4.97. The summed E-state index contributed by atoms with van der Waals surface area (Å²) in [4.78, 5) is 24.4. The lowest BCUT2D eigenvalue weighted by Gasteiger charge is -2.12. The summed E-state index contributed by atoms with van der Waals surface area (Å²) in [5.41, 5.74) is 2.24. The molecule has 2 aromatic rings. The van der Waals surface area contributed by atoms with E-state index in [2.05, 4.69) is 10.6 Å². The van der Waals surface area contributed by atoms with Gasteiger partial charge in [0.05, 0.1) is 23.3 Å². The van der Waals surface area contributed by atoms with Crippen molar-refractivity contribution in [2.45, 2.75) is 19.4 Å². The molecule has 6 nitrogen and oxygen atoms in total. The normalized spacial score (nSPS) is 17.8. The Kier molecular flexibility index (Phi) is 9.12. The van der Waals surface area contributed by atoms with E-state index < -0.39 is 0 Å². The van der Waals surface area contributed by atoms with Gasteiger partial charge in [-0.1, -0.05) is 41.4 Å². The Hall–Kier alpha value is -2.41. The highest BCUT2D eigenvalue weighted by Crippen LogP contribution is 2.19. The monoisotopic (exact) mass is 418 g/mol. The number of carbonyl (C=O) groups is 2. The lowest BCUT2D eigenvalue weighted by molar-refractivity contribution is 0.0843. The maximum atomic E-state index is 12.2. The third kappa shape index (κ3) is 6.85. The largest absolute Gasteiger partial charge is 0.400 e. The second kappa shape index (κ2) is 11.6. The van der Waals surface area contributed by atoms with Gasteiger partial charge in [-0.15, -0.1) is 0 Å². The van der Waals surface area contributed by atoms with Gasteiger partial charge >= 0.3 is 0 Å². The number of rotatable bonds is 6. The molecule has 2 atom stereocenters. The fourth-order valence-corrected chi connectivity index (χ4v) is 3.28. The molecule has 0 radical (unpaired) electrons. The van der Waals surface area contributed by atoms with Crippen molar-refractivity contribution in [2.24, 2.45) is 5.92 Å². The number of nitrogens with one attached hydrogen (secondary N) is 2. The van der Waals surface area contributed by atoms with Crippen molar-refractivity contribution in [3.63, 3.8) is 0 Å². The highest BCUT2D eigenvalue weighted by molar-refractivity contribution is 6.33. The lowest BCUT2D eigenvalue weighted by Crippen LogP contribution is -2.32. The Morgan fingerprint density at radius 2 is 1.69 bits per heavy atom. The topological polar surface area (TPSA) is 87.7 Å². The van der Waals surface area contributed by atoms with Crippen molar-refractivity contribution >= 4 is 23.4 Å². The molecule has 1 aliphatic rings. The molecule has 0 bridgehead atoms. The number of hydrogen-bond donors (Lipinski definition) is 3. The van der Waals surface area contributed by atoms with Crippen LogP contribution in [0.3, 0.4) is 0 Å². The molecule has 1 aliphatic heterocycles. The standard InChI is InChI=1S/C21H23ClN2O3.CH4O/c1-14-6-8-16(9-7-14)20(25)23-11-15-10-17(27-13-15)12-24-21(26)18-4-2-3-5-19(18)22;1-2/h2-9,15,17H,10-13H2,1H3,(H,23,25)(H,24,26);2H,1H3. The molecule has 2 aromatic carbocycles. The fourth-order valence-electron chi connectivity index (χ4n) is 3.06. The van der Waals surface area contributed by atoms with Crippen LogP contribution >= 0.6 is 11.6 Å². The highest BCUT2D eigenvalue weighted by atomic mass is 35.5. The summed E-state index contributed by atoms with van der Waals surface area (Å²) >= 11 is 6.04. The summed E-state index contributed by atoms with van der Waals surface area (Å²) in [6.07, 6.45) is 0.731. The summed E-state index contributed by atoms with van der Waals surface area (Å²) in [6.45, 7) is 3.54. The van der Waals surface area contributed by atoms with E-state index in [1.54, 1.807) is 24.3 Å². The predicted octanol–water partition coefficient (Wildman–Crippen LogP) is 2.82. The molecule has 2 unspecified atom stereocenters. The number of aryl methyl sites for hydroxylation is 1. The molecule has 1 fully saturated rings. The molecular formula is C22H27ClN2O4. The van der Waals surface area contributed by atoms with Gasteiger partial charge < -0.3 is 20.5 Å². The molecular weight excluding hydrogens is 392 g/mol. The number of amides is 2. The second-order valence-corrected chi connectivity index (χ2v) is 7.23. The van der Waals surface area contributed by atoms with Crippen molar-refractivity contribution in [2.75, 3.05) is 26.8 Å². The van der Waals surface area contributed by atoms with Gasteiger partial charge in [0.15, 0.2) is 0 Å². The molecule has 1 heterocycles. The van der Waals surface area contributed by atoms with Gasteiger partial charge in [0, 0.05) is 31.7 Å². The van der Waals surface area contributed by atoms with Gasteiger partial charge in [0.25, 0.3) is 11.8 Å². The van der Waals surface area contributed by atoms with Crippen LogP contribution in [0.25, 0.3) is 0 Å². The Balaban J connectivity index is 0.00000145. The first-order valence-electron chi connectivity index (χ1n) is 9.47. The summed E-state index contributed by atoms with van der Waals surface area (Å²) in [5.74, 6) is -0.0487. The van der Waals surface area contributed by atoms with Crippen LogP contribution in [0.1, 0.15) is 32.7 Å². The summed E-state index contributed by atoms with van der Waals surface area (Å²) in [5, 5.41) is 13.2. The van der Waals surface area contributed by atoms with E-state index in [0.29, 0.717) is 35.8 Å². The van der Waals surface area contributed by atoms with Crippen LogP contribution in [0.4, 0.5) is 0 Å².